The third kappa shape index (κ3) is 3.32. The summed E-state index contributed by atoms with van der Waals surface area (Å²) in [5.74, 6) is -4.13. The average molecular weight is 337 g/mol. The SMILES string of the molecule is CN(Cc1cc(F)c(F)c(F)c1)C(=O)c1cc(=O)[nH]c(C2CC2)n1. The van der Waals surface area contributed by atoms with Crippen LogP contribution in [0.2, 0.25) is 0 Å². The fraction of sp³-hybridized carbons (Fsp3) is 0.312. The van der Waals surface area contributed by atoms with Crippen LogP contribution in [0.4, 0.5) is 13.2 Å². The Balaban J connectivity index is 1.81. The Hall–Kier alpha value is -2.64. The topological polar surface area (TPSA) is 66.1 Å². The summed E-state index contributed by atoms with van der Waals surface area (Å²) in [6.45, 7) is -0.153. The van der Waals surface area contributed by atoms with Gasteiger partial charge >= 0.3 is 0 Å². The Bertz CT molecular complexity index is 839. The Labute approximate surface area is 135 Å². The van der Waals surface area contributed by atoms with Crippen LogP contribution in [0.15, 0.2) is 23.0 Å². The second kappa shape index (κ2) is 6.10. The van der Waals surface area contributed by atoms with Gasteiger partial charge in [0.05, 0.1) is 0 Å². The molecule has 2 aromatic rings. The van der Waals surface area contributed by atoms with E-state index in [0.29, 0.717) is 5.82 Å². The molecule has 0 bridgehead atoms. The zero-order valence-electron chi connectivity index (χ0n) is 12.8. The van der Waals surface area contributed by atoms with Gasteiger partial charge in [0.25, 0.3) is 11.5 Å². The van der Waals surface area contributed by atoms with Crippen molar-refractivity contribution in [2.45, 2.75) is 25.3 Å². The second-order valence-electron chi connectivity index (χ2n) is 5.82. The molecular formula is C16H14F3N3O2. The number of rotatable bonds is 4. The molecule has 0 radical (unpaired) electrons. The first-order valence-corrected chi connectivity index (χ1v) is 7.35. The first-order chi connectivity index (χ1) is 11.3. The van der Waals surface area contributed by atoms with E-state index in [4.69, 9.17) is 0 Å². The molecule has 0 unspecified atom stereocenters. The molecule has 126 valence electrons. The first kappa shape index (κ1) is 16.2. The van der Waals surface area contributed by atoms with E-state index in [1.54, 1.807) is 0 Å². The number of hydrogen-bond acceptors (Lipinski definition) is 3. The summed E-state index contributed by atoms with van der Waals surface area (Å²) in [5.41, 5.74) is -0.372. The lowest BCUT2D eigenvalue weighted by molar-refractivity contribution is 0.0778. The quantitative estimate of drug-likeness (QED) is 0.871. The van der Waals surface area contributed by atoms with Crippen LogP contribution in [-0.4, -0.2) is 27.8 Å². The molecule has 0 saturated heterocycles. The van der Waals surface area contributed by atoms with Gasteiger partial charge in [0.15, 0.2) is 17.5 Å². The minimum atomic E-state index is -1.56. The smallest absolute Gasteiger partial charge is 0.272 e. The molecule has 5 nitrogen and oxygen atoms in total. The van der Waals surface area contributed by atoms with E-state index in [0.717, 1.165) is 35.9 Å². The van der Waals surface area contributed by atoms with Gasteiger partial charge in [0.1, 0.15) is 11.5 Å². The molecule has 1 heterocycles. The molecular weight excluding hydrogens is 323 g/mol. The molecule has 1 aliphatic rings. The fourth-order valence-corrected chi connectivity index (χ4v) is 2.38. The number of benzene rings is 1. The number of carbonyl (C=O) groups is 1. The van der Waals surface area contributed by atoms with E-state index in [2.05, 4.69) is 9.97 Å². The highest BCUT2D eigenvalue weighted by Gasteiger charge is 2.27. The number of hydrogen-bond donors (Lipinski definition) is 1. The third-order valence-corrected chi connectivity index (χ3v) is 3.75. The van der Waals surface area contributed by atoms with Crippen molar-refractivity contribution in [1.29, 1.82) is 0 Å². The molecule has 8 heteroatoms. The Morgan fingerprint density at radius 2 is 1.88 bits per heavy atom. The minimum Gasteiger partial charge on any atom is -0.336 e. The van der Waals surface area contributed by atoms with Crippen molar-refractivity contribution in [3.05, 3.63) is 63.1 Å². The summed E-state index contributed by atoms with van der Waals surface area (Å²) >= 11 is 0. The highest BCUT2D eigenvalue weighted by atomic mass is 19.2. The lowest BCUT2D eigenvalue weighted by Gasteiger charge is -2.17. The van der Waals surface area contributed by atoms with Gasteiger partial charge in [-0.2, -0.15) is 0 Å². The number of H-pyrrole nitrogens is 1. The van der Waals surface area contributed by atoms with Gasteiger partial charge in [-0.15, -0.1) is 0 Å². The van der Waals surface area contributed by atoms with Crippen LogP contribution in [0.25, 0.3) is 0 Å². The fourth-order valence-electron chi connectivity index (χ4n) is 2.38. The summed E-state index contributed by atoms with van der Waals surface area (Å²) in [5, 5.41) is 0. The van der Waals surface area contributed by atoms with E-state index in [1.165, 1.54) is 7.05 Å². The maximum Gasteiger partial charge on any atom is 0.272 e. The predicted molar refractivity (Wildman–Crippen MR) is 78.9 cm³/mol. The Kier molecular flexibility index (Phi) is 4.13. The molecule has 0 atom stereocenters. The molecule has 1 saturated carbocycles. The van der Waals surface area contributed by atoms with Crippen LogP contribution in [0.1, 0.15) is 40.6 Å². The van der Waals surface area contributed by atoms with Crippen LogP contribution in [0, 0.1) is 17.5 Å². The summed E-state index contributed by atoms with van der Waals surface area (Å²) < 4.78 is 39.4. The van der Waals surface area contributed by atoms with E-state index in [-0.39, 0.29) is 23.7 Å². The van der Waals surface area contributed by atoms with Crippen molar-refractivity contribution in [2.75, 3.05) is 7.05 Å². The lowest BCUT2D eigenvalue weighted by atomic mass is 10.2. The van der Waals surface area contributed by atoms with Gasteiger partial charge in [-0.1, -0.05) is 0 Å². The highest BCUT2D eigenvalue weighted by molar-refractivity contribution is 5.92. The Morgan fingerprint density at radius 3 is 2.46 bits per heavy atom. The zero-order chi connectivity index (χ0) is 17.4. The average Bonchev–Trinajstić information content (AvgIpc) is 3.36. The number of nitrogens with zero attached hydrogens (tertiary/aromatic N) is 2. The van der Waals surface area contributed by atoms with Gasteiger partial charge in [-0.25, -0.2) is 18.2 Å². The van der Waals surface area contributed by atoms with E-state index in [9.17, 15) is 22.8 Å². The van der Waals surface area contributed by atoms with E-state index in [1.807, 2.05) is 0 Å². The molecule has 24 heavy (non-hydrogen) atoms. The highest BCUT2D eigenvalue weighted by Crippen LogP contribution is 2.37. The zero-order valence-corrected chi connectivity index (χ0v) is 12.8. The van der Waals surface area contributed by atoms with E-state index < -0.39 is 28.9 Å². The maximum absolute atomic E-state index is 13.2. The molecule has 1 fully saturated rings. The Morgan fingerprint density at radius 1 is 1.25 bits per heavy atom. The number of aromatic amines is 1. The maximum atomic E-state index is 13.2. The number of amides is 1. The van der Waals surface area contributed by atoms with Crippen LogP contribution >= 0.6 is 0 Å². The summed E-state index contributed by atoms with van der Waals surface area (Å²) in [7, 11) is 1.40. The first-order valence-electron chi connectivity index (χ1n) is 7.35. The molecule has 1 aromatic carbocycles. The van der Waals surface area contributed by atoms with Gasteiger partial charge in [0.2, 0.25) is 0 Å². The van der Waals surface area contributed by atoms with Crippen LogP contribution in [0.3, 0.4) is 0 Å². The molecule has 1 aliphatic carbocycles. The van der Waals surface area contributed by atoms with Crippen molar-refractivity contribution in [3.63, 3.8) is 0 Å². The molecule has 3 rings (SSSR count). The minimum absolute atomic E-state index is 0.0359. The summed E-state index contributed by atoms with van der Waals surface area (Å²) in [6.07, 6.45) is 1.81. The van der Waals surface area contributed by atoms with Crippen LogP contribution < -0.4 is 5.56 Å². The van der Waals surface area contributed by atoms with Gasteiger partial charge < -0.3 is 9.88 Å². The number of nitrogens with one attached hydrogen (secondary N) is 1. The van der Waals surface area contributed by atoms with Crippen molar-refractivity contribution < 1.29 is 18.0 Å². The second-order valence-corrected chi connectivity index (χ2v) is 5.82. The summed E-state index contributed by atoms with van der Waals surface area (Å²) in [4.78, 5) is 31.9. The van der Waals surface area contributed by atoms with E-state index >= 15 is 0 Å². The molecule has 1 aromatic heterocycles. The normalized spacial score (nSPS) is 13.8. The van der Waals surface area contributed by atoms with Gasteiger partial charge in [-0.05, 0) is 30.5 Å². The monoisotopic (exact) mass is 337 g/mol. The van der Waals surface area contributed by atoms with Crippen molar-refractivity contribution in [2.24, 2.45) is 0 Å². The van der Waals surface area contributed by atoms with Gasteiger partial charge in [-0.3, -0.25) is 9.59 Å². The number of halogens is 3. The van der Waals surface area contributed by atoms with Crippen molar-refractivity contribution in [3.8, 4) is 0 Å². The van der Waals surface area contributed by atoms with Crippen molar-refractivity contribution in [1.82, 2.24) is 14.9 Å². The summed E-state index contributed by atoms with van der Waals surface area (Å²) in [6, 6.07) is 2.72. The van der Waals surface area contributed by atoms with Crippen LogP contribution in [0.5, 0.6) is 0 Å². The molecule has 1 amide bonds. The molecule has 0 aliphatic heterocycles. The lowest BCUT2D eigenvalue weighted by Crippen LogP contribution is -2.29. The molecule has 0 spiro atoms. The predicted octanol–water partition coefficient (Wildman–Crippen LogP) is 2.34. The van der Waals surface area contributed by atoms with Gasteiger partial charge in [0, 0.05) is 25.6 Å². The van der Waals surface area contributed by atoms with Crippen LogP contribution in [-0.2, 0) is 6.54 Å². The number of aromatic nitrogens is 2. The number of carbonyl (C=O) groups excluding carboxylic acids is 1. The largest absolute Gasteiger partial charge is 0.336 e. The molecule has 1 N–H and O–H groups in total. The van der Waals surface area contributed by atoms with Crippen molar-refractivity contribution >= 4 is 5.91 Å². The standard InChI is InChI=1S/C16H14F3N3O2/c1-22(7-8-4-10(17)14(19)11(18)5-8)16(24)12-6-13(23)21-15(20-12)9-2-3-9/h4-6,9H,2-3,7H2,1H3,(H,20,21,23). The third-order valence-electron chi connectivity index (χ3n) is 3.75.